The zero-order valence-electron chi connectivity index (χ0n) is 9.75. The quantitative estimate of drug-likeness (QED) is 0.794. The van der Waals surface area contributed by atoms with Crippen molar-refractivity contribution in [2.75, 3.05) is 0 Å². The van der Waals surface area contributed by atoms with E-state index in [1.165, 1.54) is 6.42 Å². The highest BCUT2D eigenvalue weighted by Crippen LogP contribution is 2.32. The summed E-state index contributed by atoms with van der Waals surface area (Å²) in [7, 11) is 0. The average molecular weight is 221 g/mol. The lowest BCUT2D eigenvalue weighted by atomic mass is 9.82. The summed E-state index contributed by atoms with van der Waals surface area (Å²) in [6.07, 6.45) is 6.09. The van der Waals surface area contributed by atoms with Gasteiger partial charge < -0.3 is 10.7 Å². The second kappa shape index (κ2) is 4.37. The molecule has 0 bridgehead atoms. The van der Waals surface area contributed by atoms with Crippen molar-refractivity contribution < 1.29 is 0 Å². The van der Waals surface area contributed by atoms with Gasteiger partial charge in [-0.3, -0.25) is 4.79 Å². The Morgan fingerprint density at radius 1 is 1.44 bits per heavy atom. The van der Waals surface area contributed by atoms with Gasteiger partial charge in [0.25, 0.3) is 5.56 Å². The van der Waals surface area contributed by atoms with Crippen molar-refractivity contribution in [1.29, 1.82) is 0 Å². The van der Waals surface area contributed by atoms with Crippen LogP contribution in [0.15, 0.2) is 10.9 Å². The second-order valence-corrected chi connectivity index (χ2v) is 4.66. The van der Waals surface area contributed by atoms with Crippen LogP contribution < -0.4 is 11.3 Å². The minimum atomic E-state index is -0.414. The molecule has 0 unspecified atom stereocenters. The lowest BCUT2D eigenvalue weighted by Gasteiger charge is -2.32. The molecule has 0 saturated heterocycles. The van der Waals surface area contributed by atoms with Crippen LogP contribution in [0.1, 0.15) is 50.5 Å². The Balaban J connectivity index is 2.38. The van der Waals surface area contributed by atoms with Gasteiger partial charge in [0.2, 0.25) is 0 Å². The van der Waals surface area contributed by atoms with Crippen molar-refractivity contribution in [3.05, 3.63) is 27.9 Å². The highest BCUT2D eigenvalue weighted by molar-refractivity contribution is 5.11. The molecular formula is C12H19N3O. The first kappa shape index (κ1) is 11.3. The molecule has 0 amide bonds. The maximum atomic E-state index is 11.5. The van der Waals surface area contributed by atoms with Gasteiger partial charge in [-0.2, -0.15) is 0 Å². The zero-order chi connectivity index (χ0) is 11.6. The number of nitrogens with two attached hydrogens (primary N) is 1. The predicted molar refractivity (Wildman–Crippen MR) is 63.2 cm³/mol. The average Bonchev–Trinajstić information content (AvgIpc) is 2.29. The number of aryl methyl sites for hydroxylation is 1. The molecule has 0 aliphatic heterocycles. The van der Waals surface area contributed by atoms with E-state index in [0.29, 0.717) is 5.82 Å². The smallest absolute Gasteiger partial charge is 0.251 e. The fourth-order valence-electron chi connectivity index (χ4n) is 2.34. The first-order chi connectivity index (χ1) is 7.64. The van der Waals surface area contributed by atoms with Crippen LogP contribution >= 0.6 is 0 Å². The fourth-order valence-corrected chi connectivity index (χ4v) is 2.34. The van der Waals surface area contributed by atoms with Gasteiger partial charge in [0.05, 0.1) is 5.54 Å². The maximum absolute atomic E-state index is 11.5. The molecule has 0 aromatic carbocycles. The SMILES string of the molecule is CCc1cc(=O)[nH]c(C2(N)CCCCC2)n1. The van der Waals surface area contributed by atoms with Crippen LogP contribution in [0.25, 0.3) is 0 Å². The fraction of sp³-hybridized carbons (Fsp3) is 0.667. The third-order valence-corrected chi connectivity index (χ3v) is 3.37. The van der Waals surface area contributed by atoms with E-state index in [0.717, 1.165) is 37.8 Å². The Hall–Kier alpha value is -1.16. The molecule has 1 fully saturated rings. The Bertz CT molecular complexity index is 419. The summed E-state index contributed by atoms with van der Waals surface area (Å²) in [5, 5.41) is 0. The molecule has 16 heavy (non-hydrogen) atoms. The summed E-state index contributed by atoms with van der Waals surface area (Å²) in [6, 6.07) is 1.55. The molecule has 1 saturated carbocycles. The van der Waals surface area contributed by atoms with E-state index >= 15 is 0 Å². The number of rotatable bonds is 2. The van der Waals surface area contributed by atoms with Crippen LogP contribution in [0.2, 0.25) is 0 Å². The van der Waals surface area contributed by atoms with Crippen LogP contribution in [-0.4, -0.2) is 9.97 Å². The highest BCUT2D eigenvalue weighted by Gasteiger charge is 2.31. The highest BCUT2D eigenvalue weighted by atomic mass is 16.1. The van der Waals surface area contributed by atoms with E-state index in [4.69, 9.17) is 5.73 Å². The summed E-state index contributed by atoms with van der Waals surface area (Å²) < 4.78 is 0. The van der Waals surface area contributed by atoms with E-state index in [-0.39, 0.29) is 5.56 Å². The molecule has 0 radical (unpaired) electrons. The third-order valence-electron chi connectivity index (χ3n) is 3.37. The van der Waals surface area contributed by atoms with Gasteiger partial charge >= 0.3 is 0 Å². The van der Waals surface area contributed by atoms with Crippen molar-refractivity contribution in [2.24, 2.45) is 5.73 Å². The van der Waals surface area contributed by atoms with E-state index in [1.54, 1.807) is 6.07 Å². The number of aromatic nitrogens is 2. The van der Waals surface area contributed by atoms with Crippen LogP contribution in [0, 0.1) is 0 Å². The maximum Gasteiger partial charge on any atom is 0.251 e. The molecule has 1 aliphatic carbocycles. The number of nitrogens with one attached hydrogen (secondary N) is 1. The molecule has 0 spiro atoms. The van der Waals surface area contributed by atoms with Gasteiger partial charge in [-0.1, -0.05) is 26.2 Å². The molecule has 88 valence electrons. The van der Waals surface area contributed by atoms with E-state index < -0.39 is 5.54 Å². The monoisotopic (exact) mass is 221 g/mol. The minimum absolute atomic E-state index is 0.0859. The lowest BCUT2D eigenvalue weighted by molar-refractivity contribution is 0.285. The molecular weight excluding hydrogens is 202 g/mol. The first-order valence-electron chi connectivity index (χ1n) is 6.04. The Labute approximate surface area is 95.3 Å². The summed E-state index contributed by atoms with van der Waals surface area (Å²) in [4.78, 5) is 18.8. The largest absolute Gasteiger partial charge is 0.319 e. The minimum Gasteiger partial charge on any atom is -0.319 e. The number of aromatic amines is 1. The Morgan fingerprint density at radius 3 is 2.75 bits per heavy atom. The van der Waals surface area contributed by atoms with Crippen LogP contribution in [0.5, 0.6) is 0 Å². The molecule has 4 heteroatoms. The topological polar surface area (TPSA) is 71.8 Å². The molecule has 1 aromatic rings. The molecule has 1 aliphatic rings. The molecule has 1 aromatic heterocycles. The molecule has 4 nitrogen and oxygen atoms in total. The third kappa shape index (κ3) is 2.16. The van der Waals surface area contributed by atoms with Gasteiger partial charge in [0, 0.05) is 11.8 Å². The number of hydrogen-bond donors (Lipinski definition) is 2. The standard InChI is InChI=1S/C12H19N3O/c1-2-9-8-10(16)15-11(14-9)12(13)6-4-3-5-7-12/h8H,2-7,13H2,1H3,(H,14,15,16). The second-order valence-electron chi connectivity index (χ2n) is 4.66. The van der Waals surface area contributed by atoms with Gasteiger partial charge in [-0.25, -0.2) is 4.98 Å². The van der Waals surface area contributed by atoms with Gasteiger partial charge in [0.15, 0.2) is 0 Å². The Kier molecular flexibility index (Phi) is 3.10. The number of hydrogen-bond acceptors (Lipinski definition) is 3. The van der Waals surface area contributed by atoms with Crippen molar-refractivity contribution in [2.45, 2.75) is 51.0 Å². The molecule has 2 rings (SSSR count). The van der Waals surface area contributed by atoms with Crippen molar-refractivity contribution >= 4 is 0 Å². The first-order valence-corrected chi connectivity index (χ1v) is 6.04. The van der Waals surface area contributed by atoms with Crippen LogP contribution in [0.3, 0.4) is 0 Å². The van der Waals surface area contributed by atoms with E-state index in [1.807, 2.05) is 6.92 Å². The van der Waals surface area contributed by atoms with Gasteiger partial charge in [-0.05, 0) is 19.3 Å². The predicted octanol–water partition coefficient (Wildman–Crippen LogP) is 1.45. The van der Waals surface area contributed by atoms with Crippen LogP contribution in [-0.2, 0) is 12.0 Å². The lowest BCUT2D eigenvalue weighted by Crippen LogP contribution is -2.41. The zero-order valence-corrected chi connectivity index (χ0v) is 9.75. The normalized spacial score (nSPS) is 19.6. The summed E-state index contributed by atoms with van der Waals surface area (Å²) in [6.45, 7) is 2.00. The number of H-pyrrole nitrogens is 1. The molecule has 1 heterocycles. The Morgan fingerprint density at radius 2 is 2.12 bits per heavy atom. The van der Waals surface area contributed by atoms with Crippen molar-refractivity contribution in [3.8, 4) is 0 Å². The van der Waals surface area contributed by atoms with Crippen molar-refractivity contribution in [3.63, 3.8) is 0 Å². The van der Waals surface area contributed by atoms with Crippen LogP contribution in [0.4, 0.5) is 0 Å². The molecule has 0 atom stereocenters. The summed E-state index contributed by atoms with van der Waals surface area (Å²) in [5.41, 5.74) is 6.67. The van der Waals surface area contributed by atoms with E-state index in [9.17, 15) is 4.79 Å². The van der Waals surface area contributed by atoms with E-state index in [2.05, 4.69) is 9.97 Å². The molecule has 3 N–H and O–H groups in total. The number of nitrogens with zero attached hydrogens (tertiary/aromatic N) is 1. The van der Waals surface area contributed by atoms with Gasteiger partial charge in [-0.15, -0.1) is 0 Å². The summed E-state index contributed by atoms with van der Waals surface area (Å²) >= 11 is 0. The summed E-state index contributed by atoms with van der Waals surface area (Å²) in [5.74, 6) is 0.677. The van der Waals surface area contributed by atoms with Gasteiger partial charge in [0.1, 0.15) is 5.82 Å². The van der Waals surface area contributed by atoms with Crippen molar-refractivity contribution in [1.82, 2.24) is 9.97 Å².